The number of carbonyl (C=O) groups excluding carboxylic acids is 2. The standard InChI is InChI=1S/C11H11F3N2O2/c1-6(17)16-9-3-2-7(11(12,13)14)4-8(9)10(18)5-15/h2-4H,5,15H2,1H3,(H,16,17). The van der Waals surface area contributed by atoms with Crippen molar-refractivity contribution in [1.29, 1.82) is 0 Å². The molecule has 0 heterocycles. The molecule has 0 unspecified atom stereocenters. The van der Waals surface area contributed by atoms with Gasteiger partial charge in [-0.25, -0.2) is 0 Å². The average molecular weight is 260 g/mol. The molecule has 0 aliphatic rings. The van der Waals surface area contributed by atoms with Crippen LogP contribution in [0.3, 0.4) is 0 Å². The summed E-state index contributed by atoms with van der Waals surface area (Å²) < 4.78 is 37.5. The topological polar surface area (TPSA) is 72.2 Å². The highest BCUT2D eigenvalue weighted by Gasteiger charge is 2.31. The van der Waals surface area contributed by atoms with Gasteiger partial charge in [-0.1, -0.05) is 0 Å². The van der Waals surface area contributed by atoms with Gasteiger partial charge in [0, 0.05) is 12.5 Å². The largest absolute Gasteiger partial charge is 0.416 e. The molecule has 1 aromatic rings. The lowest BCUT2D eigenvalue weighted by molar-refractivity contribution is -0.137. The van der Waals surface area contributed by atoms with Crippen LogP contribution in [0.4, 0.5) is 18.9 Å². The van der Waals surface area contributed by atoms with Crippen molar-refractivity contribution in [3.8, 4) is 0 Å². The first-order valence-electron chi connectivity index (χ1n) is 4.98. The predicted octanol–water partition coefficient (Wildman–Crippen LogP) is 1.81. The Balaban J connectivity index is 3.29. The van der Waals surface area contributed by atoms with Crippen LogP contribution >= 0.6 is 0 Å². The average Bonchev–Trinajstić information content (AvgIpc) is 2.26. The van der Waals surface area contributed by atoms with E-state index in [0.717, 1.165) is 12.1 Å². The normalized spacial score (nSPS) is 11.2. The number of hydrogen-bond donors (Lipinski definition) is 2. The quantitative estimate of drug-likeness (QED) is 0.814. The van der Waals surface area contributed by atoms with E-state index in [2.05, 4.69) is 5.32 Å². The Morgan fingerprint density at radius 1 is 1.33 bits per heavy atom. The van der Waals surface area contributed by atoms with Gasteiger partial charge >= 0.3 is 6.18 Å². The second kappa shape index (κ2) is 5.18. The van der Waals surface area contributed by atoms with Crippen molar-refractivity contribution in [2.45, 2.75) is 13.1 Å². The number of rotatable bonds is 3. The summed E-state index contributed by atoms with van der Waals surface area (Å²) in [5.41, 5.74) is 3.93. The minimum absolute atomic E-state index is 0.0194. The van der Waals surface area contributed by atoms with Crippen LogP contribution in [-0.4, -0.2) is 18.2 Å². The van der Waals surface area contributed by atoms with Crippen molar-refractivity contribution in [2.24, 2.45) is 5.73 Å². The number of halogens is 3. The summed E-state index contributed by atoms with van der Waals surface area (Å²) in [6.07, 6.45) is -4.56. The van der Waals surface area contributed by atoms with Gasteiger partial charge in [-0.2, -0.15) is 13.2 Å². The number of ketones is 1. The van der Waals surface area contributed by atoms with E-state index in [1.165, 1.54) is 6.92 Å². The third kappa shape index (κ3) is 3.30. The van der Waals surface area contributed by atoms with Gasteiger partial charge < -0.3 is 11.1 Å². The van der Waals surface area contributed by atoms with E-state index in [-0.39, 0.29) is 11.3 Å². The van der Waals surface area contributed by atoms with Crippen molar-refractivity contribution in [3.05, 3.63) is 29.3 Å². The van der Waals surface area contributed by atoms with E-state index in [1.54, 1.807) is 0 Å². The number of hydrogen-bond acceptors (Lipinski definition) is 3. The minimum atomic E-state index is -4.56. The van der Waals surface area contributed by atoms with Gasteiger partial charge in [0.25, 0.3) is 0 Å². The van der Waals surface area contributed by atoms with Crippen LogP contribution in [0.1, 0.15) is 22.8 Å². The molecule has 3 N–H and O–H groups in total. The van der Waals surface area contributed by atoms with Crippen LogP contribution in [0, 0.1) is 0 Å². The highest BCUT2D eigenvalue weighted by atomic mass is 19.4. The zero-order chi connectivity index (χ0) is 13.9. The molecule has 0 spiro atoms. The zero-order valence-corrected chi connectivity index (χ0v) is 9.47. The number of Topliss-reactive ketones (excluding diaryl/α,β-unsaturated/α-hetero) is 1. The third-order valence-electron chi connectivity index (χ3n) is 2.14. The Labute approximate surface area is 101 Å². The molecule has 0 aromatic heterocycles. The summed E-state index contributed by atoms with van der Waals surface area (Å²) >= 11 is 0. The van der Waals surface area contributed by atoms with E-state index in [1.807, 2.05) is 0 Å². The first kappa shape index (κ1) is 14.2. The number of amides is 1. The minimum Gasteiger partial charge on any atom is -0.326 e. The van der Waals surface area contributed by atoms with Gasteiger partial charge in [0.15, 0.2) is 5.78 Å². The molecule has 0 saturated heterocycles. The summed E-state index contributed by atoms with van der Waals surface area (Å²) in [5, 5.41) is 2.28. The maximum absolute atomic E-state index is 12.5. The Morgan fingerprint density at radius 2 is 1.94 bits per heavy atom. The molecule has 0 fully saturated rings. The molecule has 1 rings (SSSR count). The molecular formula is C11H11F3N2O2. The molecule has 0 saturated carbocycles. The molecular weight excluding hydrogens is 249 g/mol. The van der Waals surface area contributed by atoms with E-state index in [4.69, 9.17) is 5.73 Å². The summed E-state index contributed by atoms with van der Waals surface area (Å²) in [5.74, 6) is -1.16. The van der Waals surface area contributed by atoms with Crippen molar-refractivity contribution in [3.63, 3.8) is 0 Å². The van der Waals surface area contributed by atoms with Crippen LogP contribution < -0.4 is 11.1 Å². The molecule has 0 bridgehead atoms. The maximum atomic E-state index is 12.5. The van der Waals surface area contributed by atoms with Crippen LogP contribution in [-0.2, 0) is 11.0 Å². The molecule has 1 amide bonds. The molecule has 0 radical (unpaired) electrons. The monoisotopic (exact) mass is 260 g/mol. The van der Waals surface area contributed by atoms with Crippen LogP contribution in [0.5, 0.6) is 0 Å². The third-order valence-corrected chi connectivity index (χ3v) is 2.14. The highest BCUT2D eigenvalue weighted by Crippen LogP contribution is 2.32. The molecule has 0 atom stereocenters. The van der Waals surface area contributed by atoms with E-state index in [0.29, 0.717) is 6.07 Å². The predicted molar refractivity (Wildman–Crippen MR) is 59.1 cm³/mol. The summed E-state index contributed by atoms with van der Waals surface area (Å²) in [6.45, 7) is 0.752. The molecule has 4 nitrogen and oxygen atoms in total. The number of carbonyl (C=O) groups is 2. The summed E-state index contributed by atoms with van der Waals surface area (Å²) in [4.78, 5) is 22.3. The Hall–Kier alpha value is -1.89. The van der Waals surface area contributed by atoms with Gasteiger partial charge in [-0.3, -0.25) is 9.59 Å². The number of nitrogens with one attached hydrogen (secondary N) is 1. The number of benzene rings is 1. The summed E-state index contributed by atoms with van der Waals surface area (Å²) in [7, 11) is 0. The number of alkyl halides is 3. The van der Waals surface area contributed by atoms with Crippen molar-refractivity contribution < 1.29 is 22.8 Å². The highest BCUT2D eigenvalue weighted by molar-refractivity contribution is 6.05. The second-order valence-corrected chi connectivity index (χ2v) is 3.57. The van der Waals surface area contributed by atoms with Crippen LogP contribution in [0.2, 0.25) is 0 Å². The fourth-order valence-electron chi connectivity index (χ4n) is 1.36. The molecule has 0 aliphatic carbocycles. The molecule has 18 heavy (non-hydrogen) atoms. The number of nitrogens with two attached hydrogens (primary N) is 1. The summed E-state index contributed by atoms with van der Waals surface area (Å²) in [6, 6.07) is 2.51. The lowest BCUT2D eigenvalue weighted by atomic mass is 10.0. The second-order valence-electron chi connectivity index (χ2n) is 3.57. The lowest BCUT2D eigenvalue weighted by Gasteiger charge is -2.12. The van der Waals surface area contributed by atoms with Gasteiger partial charge in [0.2, 0.25) is 5.91 Å². The smallest absolute Gasteiger partial charge is 0.326 e. The fourth-order valence-corrected chi connectivity index (χ4v) is 1.36. The van der Waals surface area contributed by atoms with E-state index < -0.39 is 30.0 Å². The van der Waals surface area contributed by atoms with Crippen LogP contribution in [0.15, 0.2) is 18.2 Å². The SMILES string of the molecule is CC(=O)Nc1ccc(C(F)(F)F)cc1C(=O)CN. The number of anilines is 1. The molecule has 0 aliphatic heterocycles. The molecule has 1 aromatic carbocycles. The lowest BCUT2D eigenvalue weighted by Crippen LogP contribution is -2.18. The van der Waals surface area contributed by atoms with Gasteiger partial charge in [-0.05, 0) is 18.2 Å². The van der Waals surface area contributed by atoms with Crippen molar-refractivity contribution >= 4 is 17.4 Å². The van der Waals surface area contributed by atoms with Crippen molar-refractivity contribution in [2.75, 3.05) is 11.9 Å². The van der Waals surface area contributed by atoms with E-state index >= 15 is 0 Å². The maximum Gasteiger partial charge on any atom is 0.416 e. The first-order chi connectivity index (χ1) is 8.25. The van der Waals surface area contributed by atoms with Gasteiger partial charge in [0.05, 0.1) is 17.8 Å². The van der Waals surface area contributed by atoms with Crippen LogP contribution in [0.25, 0.3) is 0 Å². The molecule has 98 valence electrons. The van der Waals surface area contributed by atoms with E-state index in [9.17, 15) is 22.8 Å². The Morgan fingerprint density at radius 3 is 2.39 bits per heavy atom. The fraction of sp³-hybridized carbons (Fsp3) is 0.273. The van der Waals surface area contributed by atoms with Gasteiger partial charge in [0.1, 0.15) is 0 Å². The van der Waals surface area contributed by atoms with Gasteiger partial charge in [-0.15, -0.1) is 0 Å². The molecule has 7 heteroatoms. The Bertz CT molecular complexity index is 484. The Kier molecular flexibility index (Phi) is 4.07. The first-order valence-corrected chi connectivity index (χ1v) is 4.98. The zero-order valence-electron chi connectivity index (χ0n) is 9.47. The van der Waals surface area contributed by atoms with Crippen molar-refractivity contribution in [1.82, 2.24) is 0 Å².